The summed E-state index contributed by atoms with van der Waals surface area (Å²) in [6.45, 7) is 5.36. The number of aliphatic hydroxyl groups is 1. The first-order valence-corrected chi connectivity index (χ1v) is 5.44. The van der Waals surface area contributed by atoms with Crippen molar-refractivity contribution in [3.8, 4) is 0 Å². The second-order valence-electron chi connectivity index (χ2n) is 4.30. The van der Waals surface area contributed by atoms with Crippen molar-refractivity contribution in [2.24, 2.45) is 7.05 Å². The lowest BCUT2D eigenvalue weighted by molar-refractivity contribution is 0.0561. The number of aryl methyl sites for hydroxylation is 1. The van der Waals surface area contributed by atoms with Crippen LogP contribution in [0.3, 0.4) is 0 Å². The molecular weight excluding hydrogens is 190 g/mol. The molecule has 15 heavy (non-hydrogen) atoms. The SMILES string of the molecule is CCC(C)(O)CNCCc1cnn(C)c1. The van der Waals surface area contributed by atoms with E-state index in [1.165, 1.54) is 5.56 Å². The van der Waals surface area contributed by atoms with Crippen molar-refractivity contribution < 1.29 is 5.11 Å². The molecule has 0 aliphatic heterocycles. The maximum atomic E-state index is 9.75. The Kier molecular flexibility index (Phi) is 4.29. The van der Waals surface area contributed by atoms with Crippen LogP contribution in [0.4, 0.5) is 0 Å². The molecule has 86 valence electrons. The third kappa shape index (κ3) is 4.44. The first-order valence-electron chi connectivity index (χ1n) is 5.44. The fraction of sp³-hybridized carbons (Fsp3) is 0.727. The average Bonchev–Trinajstić information content (AvgIpc) is 2.59. The number of rotatable bonds is 6. The van der Waals surface area contributed by atoms with E-state index in [1.807, 2.05) is 33.3 Å². The van der Waals surface area contributed by atoms with Crippen LogP contribution in [0.5, 0.6) is 0 Å². The Labute approximate surface area is 91.3 Å². The zero-order valence-corrected chi connectivity index (χ0v) is 9.82. The van der Waals surface area contributed by atoms with Gasteiger partial charge in [0, 0.05) is 19.8 Å². The summed E-state index contributed by atoms with van der Waals surface area (Å²) >= 11 is 0. The van der Waals surface area contributed by atoms with Gasteiger partial charge in [0.05, 0.1) is 11.8 Å². The third-order valence-electron chi connectivity index (χ3n) is 2.62. The molecule has 0 radical (unpaired) electrons. The summed E-state index contributed by atoms with van der Waals surface area (Å²) in [7, 11) is 1.92. The highest BCUT2D eigenvalue weighted by molar-refractivity contribution is 5.03. The summed E-state index contributed by atoms with van der Waals surface area (Å²) in [6, 6.07) is 0. The van der Waals surface area contributed by atoms with Crippen LogP contribution in [-0.4, -0.2) is 33.6 Å². The van der Waals surface area contributed by atoms with Gasteiger partial charge in [0.1, 0.15) is 0 Å². The van der Waals surface area contributed by atoms with E-state index in [9.17, 15) is 5.11 Å². The smallest absolute Gasteiger partial charge is 0.0740 e. The van der Waals surface area contributed by atoms with Gasteiger partial charge < -0.3 is 10.4 Å². The van der Waals surface area contributed by atoms with Crippen LogP contribution in [0.25, 0.3) is 0 Å². The first-order chi connectivity index (χ1) is 7.03. The van der Waals surface area contributed by atoms with Crippen molar-refractivity contribution in [2.75, 3.05) is 13.1 Å². The summed E-state index contributed by atoms with van der Waals surface area (Å²) in [6.07, 6.45) is 5.61. The van der Waals surface area contributed by atoms with Crippen molar-refractivity contribution in [2.45, 2.75) is 32.3 Å². The third-order valence-corrected chi connectivity index (χ3v) is 2.62. The highest BCUT2D eigenvalue weighted by Crippen LogP contribution is 2.05. The van der Waals surface area contributed by atoms with E-state index in [4.69, 9.17) is 0 Å². The zero-order chi connectivity index (χ0) is 11.3. The number of nitrogens with one attached hydrogen (secondary N) is 1. The standard InChI is InChI=1S/C11H21N3O/c1-4-11(2,15)9-12-6-5-10-7-13-14(3)8-10/h7-8,12,15H,4-6,9H2,1-3H3. The van der Waals surface area contributed by atoms with E-state index in [2.05, 4.69) is 10.4 Å². The molecule has 4 nitrogen and oxygen atoms in total. The highest BCUT2D eigenvalue weighted by atomic mass is 16.3. The summed E-state index contributed by atoms with van der Waals surface area (Å²) in [4.78, 5) is 0. The Bertz CT molecular complexity index is 294. The van der Waals surface area contributed by atoms with Gasteiger partial charge in [-0.05, 0) is 31.9 Å². The average molecular weight is 211 g/mol. The molecule has 0 fully saturated rings. The Morgan fingerprint density at radius 1 is 1.60 bits per heavy atom. The molecule has 2 N–H and O–H groups in total. The van der Waals surface area contributed by atoms with E-state index < -0.39 is 5.60 Å². The molecule has 1 aromatic rings. The highest BCUT2D eigenvalue weighted by Gasteiger charge is 2.15. The maximum absolute atomic E-state index is 9.75. The zero-order valence-electron chi connectivity index (χ0n) is 9.82. The summed E-state index contributed by atoms with van der Waals surface area (Å²) in [5.74, 6) is 0. The molecule has 0 aliphatic rings. The number of hydrogen-bond donors (Lipinski definition) is 2. The van der Waals surface area contributed by atoms with Gasteiger partial charge >= 0.3 is 0 Å². The van der Waals surface area contributed by atoms with Gasteiger partial charge in [-0.3, -0.25) is 4.68 Å². The van der Waals surface area contributed by atoms with E-state index >= 15 is 0 Å². The van der Waals surface area contributed by atoms with E-state index in [0.717, 1.165) is 19.4 Å². The van der Waals surface area contributed by atoms with Gasteiger partial charge in [-0.25, -0.2) is 0 Å². The second kappa shape index (κ2) is 5.28. The normalized spacial score (nSPS) is 15.2. The Morgan fingerprint density at radius 2 is 2.33 bits per heavy atom. The lowest BCUT2D eigenvalue weighted by Gasteiger charge is -2.21. The number of hydrogen-bond acceptors (Lipinski definition) is 3. The van der Waals surface area contributed by atoms with Gasteiger partial charge in [-0.2, -0.15) is 5.10 Å². The largest absolute Gasteiger partial charge is 0.389 e. The molecule has 0 amide bonds. The van der Waals surface area contributed by atoms with Crippen LogP contribution in [0.15, 0.2) is 12.4 Å². The minimum atomic E-state index is -0.588. The van der Waals surface area contributed by atoms with E-state index in [1.54, 1.807) is 4.68 Å². The van der Waals surface area contributed by atoms with Crippen molar-refractivity contribution in [1.82, 2.24) is 15.1 Å². The van der Waals surface area contributed by atoms with Crippen molar-refractivity contribution in [3.63, 3.8) is 0 Å². The summed E-state index contributed by atoms with van der Waals surface area (Å²) in [5.41, 5.74) is 0.635. The van der Waals surface area contributed by atoms with Crippen LogP contribution < -0.4 is 5.32 Å². The van der Waals surface area contributed by atoms with Gasteiger partial charge in [-0.15, -0.1) is 0 Å². The molecule has 1 rings (SSSR count). The molecule has 1 heterocycles. The monoisotopic (exact) mass is 211 g/mol. The van der Waals surface area contributed by atoms with Crippen LogP contribution in [-0.2, 0) is 13.5 Å². The molecular formula is C11H21N3O. The topological polar surface area (TPSA) is 50.1 Å². The molecule has 0 spiro atoms. The first kappa shape index (κ1) is 12.2. The second-order valence-corrected chi connectivity index (χ2v) is 4.30. The van der Waals surface area contributed by atoms with Gasteiger partial charge in [0.25, 0.3) is 0 Å². The van der Waals surface area contributed by atoms with Crippen molar-refractivity contribution >= 4 is 0 Å². The molecule has 0 bridgehead atoms. The molecule has 1 aromatic heterocycles. The minimum Gasteiger partial charge on any atom is -0.389 e. The van der Waals surface area contributed by atoms with Crippen molar-refractivity contribution in [3.05, 3.63) is 18.0 Å². The predicted octanol–water partition coefficient (Wildman–Crippen LogP) is 0.713. The lowest BCUT2D eigenvalue weighted by atomic mass is 10.0. The van der Waals surface area contributed by atoms with Crippen LogP contribution in [0, 0.1) is 0 Å². The fourth-order valence-corrected chi connectivity index (χ4v) is 1.32. The molecule has 0 saturated carbocycles. The number of aromatic nitrogens is 2. The van der Waals surface area contributed by atoms with Gasteiger partial charge in [0.2, 0.25) is 0 Å². The molecule has 0 saturated heterocycles. The Balaban J connectivity index is 2.17. The predicted molar refractivity (Wildman–Crippen MR) is 60.7 cm³/mol. The Hall–Kier alpha value is -0.870. The van der Waals surface area contributed by atoms with E-state index in [-0.39, 0.29) is 0 Å². The van der Waals surface area contributed by atoms with Gasteiger partial charge in [0.15, 0.2) is 0 Å². The molecule has 1 atom stereocenters. The van der Waals surface area contributed by atoms with Crippen molar-refractivity contribution in [1.29, 1.82) is 0 Å². The quantitative estimate of drug-likeness (QED) is 0.681. The lowest BCUT2D eigenvalue weighted by Crippen LogP contribution is -2.37. The summed E-state index contributed by atoms with van der Waals surface area (Å²) in [5, 5.41) is 17.1. The minimum absolute atomic E-state index is 0.588. The number of nitrogens with zero attached hydrogens (tertiary/aromatic N) is 2. The van der Waals surface area contributed by atoms with Gasteiger partial charge in [-0.1, -0.05) is 6.92 Å². The molecule has 0 aliphatic carbocycles. The van der Waals surface area contributed by atoms with Crippen LogP contribution >= 0.6 is 0 Å². The fourth-order valence-electron chi connectivity index (χ4n) is 1.32. The molecule has 1 unspecified atom stereocenters. The van der Waals surface area contributed by atoms with Crippen LogP contribution in [0.1, 0.15) is 25.8 Å². The molecule has 4 heteroatoms. The maximum Gasteiger partial charge on any atom is 0.0740 e. The van der Waals surface area contributed by atoms with E-state index in [0.29, 0.717) is 6.54 Å². The van der Waals surface area contributed by atoms with Crippen LogP contribution in [0.2, 0.25) is 0 Å². The Morgan fingerprint density at radius 3 is 2.87 bits per heavy atom. The molecule has 0 aromatic carbocycles. The summed E-state index contributed by atoms with van der Waals surface area (Å²) < 4.78 is 1.80.